The highest BCUT2D eigenvalue weighted by molar-refractivity contribution is 6.25. The van der Waals surface area contributed by atoms with Crippen molar-refractivity contribution < 1.29 is 43.7 Å². The van der Waals surface area contributed by atoms with Crippen LogP contribution in [0.2, 0.25) is 0 Å². The Morgan fingerprint density at radius 1 is 1.03 bits per heavy atom. The topological polar surface area (TPSA) is 148 Å². The summed E-state index contributed by atoms with van der Waals surface area (Å²) in [7, 11) is 3.60. The number of aliphatic hydroxyl groups is 2. The summed E-state index contributed by atoms with van der Waals surface area (Å²) in [6.07, 6.45) is 0.156. The zero-order chi connectivity index (χ0) is 26.7. The largest absolute Gasteiger partial charge is 0.511 e. The number of benzene rings is 1. The molecule has 0 saturated heterocycles. The molecule has 0 aliphatic heterocycles. The van der Waals surface area contributed by atoms with Crippen LogP contribution in [0.4, 0.5) is 5.69 Å². The molecule has 0 aromatic heterocycles. The number of ether oxygens (including phenoxy) is 2. The molecule has 1 aromatic rings. The number of carbonyl (C=O) groups is 5. The molecule has 3 aliphatic carbocycles. The van der Waals surface area contributed by atoms with Crippen LogP contribution in [0.5, 0.6) is 5.75 Å². The molecule has 4 rings (SSSR count). The Morgan fingerprint density at radius 2 is 1.67 bits per heavy atom. The minimum atomic E-state index is -2.50. The Kier molecular flexibility index (Phi) is 6.12. The molecule has 0 heterocycles. The molecule has 10 nitrogen and oxygen atoms in total. The highest BCUT2D eigenvalue weighted by Crippen LogP contribution is 2.53. The van der Waals surface area contributed by atoms with E-state index in [1.807, 2.05) is 4.90 Å². The molecule has 2 N–H and O–H groups in total. The summed E-state index contributed by atoms with van der Waals surface area (Å²) in [5.74, 6) is -6.53. The number of hydrogen-bond donors (Lipinski definition) is 2. The van der Waals surface area contributed by atoms with E-state index in [1.54, 1.807) is 20.2 Å². The Bertz CT molecular complexity index is 1300. The smallest absolute Gasteiger partial charge is 0.308 e. The van der Waals surface area contributed by atoms with Gasteiger partial charge in [-0.25, -0.2) is 0 Å². The van der Waals surface area contributed by atoms with E-state index in [0.29, 0.717) is 11.3 Å². The van der Waals surface area contributed by atoms with Gasteiger partial charge in [-0.15, -0.1) is 0 Å². The summed E-state index contributed by atoms with van der Waals surface area (Å²) < 4.78 is 10.7. The number of fused-ring (bicyclic) bond motifs is 3. The molecule has 0 fully saturated rings. The van der Waals surface area contributed by atoms with Crippen molar-refractivity contribution >= 4 is 35.0 Å². The average Bonchev–Trinajstić information content (AvgIpc) is 2.74. The van der Waals surface area contributed by atoms with Crippen molar-refractivity contribution in [2.75, 3.05) is 19.0 Å². The van der Waals surface area contributed by atoms with E-state index in [9.17, 15) is 34.2 Å². The summed E-state index contributed by atoms with van der Waals surface area (Å²) in [6.45, 7) is 3.34. The fourth-order valence-electron chi connectivity index (χ4n) is 5.61. The predicted octanol–water partition coefficient (Wildman–Crippen LogP) is 1.98. The van der Waals surface area contributed by atoms with Gasteiger partial charge in [0.1, 0.15) is 17.1 Å². The molecular formula is C26H27NO9. The minimum absolute atomic E-state index is 0.00674. The van der Waals surface area contributed by atoms with Gasteiger partial charge in [-0.3, -0.25) is 24.0 Å². The molecule has 1 aromatic carbocycles. The minimum Gasteiger partial charge on any atom is -0.511 e. The molecule has 36 heavy (non-hydrogen) atoms. The first-order chi connectivity index (χ1) is 16.8. The predicted molar refractivity (Wildman–Crippen MR) is 125 cm³/mol. The summed E-state index contributed by atoms with van der Waals surface area (Å²) in [5.41, 5.74) is -1.78. The summed E-state index contributed by atoms with van der Waals surface area (Å²) in [6, 6.07) is 3.21. The third-order valence-corrected chi connectivity index (χ3v) is 6.97. The van der Waals surface area contributed by atoms with Gasteiger partial charge in [0.25, 0.3) is 0 Å². The lowest BCUT2D eigenvalue weighted by Crippen LogP contribution is -2.57. The lowest BCUT2D eigenvalue weighted by Gasteiger charge is -2.47. The number of esters is 2. The van der Waals surface area contributed by atoms with Crippen molar-refractivity contribution in [3.63, 3.8) is 0 Å². The SMILES string of the molecule is CC(=O)OC1=C2C(=O)c3c(OC(C)=O)ccc(N(C)C)c3C[C@H]2C[C@H]2CC(O)=C(C(C)=O)C(=O)[C@@]12O. The lowest BCUT2D eigenvalue weighted by atomic mass is 9.60. The average molecular weight is 498 g/mol. The maximum absolute atomic E-state index is 14.0. The number of rotatable bonds is 4. The van der Waals surface area contributed by atoms with Crippen LogP contribution in [-0.2, 0) is 30.3 Å². The van der Waals surface area contributed by atoms with E-state index < -0.39 is 63.8 Å². The molecule has 10 heteroatoms. The number of allylic oxidation sites excluding steroid dienone is 2. The summed E-state index contributed by atoms with van der Waals surface area (Å²) in [5, 5.41) is 22.2. The first kappa shape index (κ1) is 25.3. The van der Waals surface area contributed by atoms with Crippen LogP contribution >= 0.6 is 0 Å². The van der Waals surface area contributed by atoms with Gasteiger partial charge in [0, 0.05) is 51.5 Å². The second kappa shape index (κ2) is 8.70. The monoisotopic (exact) mass is 497 g/mol. The van der Waals surface area contributed by atoms with Crippen LogP contribution in [0.3, 0.4) is 0 Å². The fourth-order valence-corrected chi connectivity index (χ4v) is 5.61. The van der Waals surface area contributed by atoms with Crippen molar-refractivity contribution in [2.45, 2.75) is 45.6 Å². The first-order valence-corrected chi connectivity index (χ1v) is 11.5. The van der Waals surface area contributed by atoms with Crippen molar-refractivity contribution in [2.24, 2.45) is 11.8 Å². The molecule has 190 valence electrons. The second-order valence-electron chi connectivity index (χ2n) is 9.60. The van der Waals surface area contributed by atoms with Gasteiger partial charge in [0.05, 0.1) is 5.56 Å². The van der Waals surface area contributed by atoms with E-state index in [2.05, 4.69) is 0 Å². The van der Waals surface area contributed by atoms with Crippen LogP contribution in [0, 0.1) is 11.8 Å². The van der Waals surface area contributed by atoms with Crippen LogP contribution < -0.4 is 9.64 Å². The van der Waals surface area contributed by atoms with Crippen molar-refractivity contribution in [3.05, 3.63) is 45.9 Å². The van der Waals surface area contributed by atoms with E-state index in [4.69, 9.17) is 9.47 Å². The van der Waals surface area contributed by atoms with Gasteiger partial charge in [-0.05, 0) is 43.4 Å². The van der Waals surface area contributed by atoms with Gasteiger partial charge >= 0.3 is 11.9 Å². The highest BCUT2D eigenvalue weighted by atomic mass is 16.6. The molecule has 0 unspecified atom stereocenters. The number of hydrogen-bond acceptors (Lipinski definition) is 10. The first-order valence-electron chi connectivity index (χ1n) is 11.5. The quantitative estimate of drug-likeness (QED) is 0.359. The van der Waals surface area contributed by atoms with Gasteiger partial charge in [-0.2, -0.15) is 0 Å². The Labute approximate surface area is 207 Å². The standard InChI is InChI=1S/C26H27NO9/c1-11(28)20-18(31)10-15-8-14-9-16-17(27(4)5)6-7-19(35-12(2)29)22(16)23(32)21(14)25(36-13(3)30)26(15,34)24(20)33/h6-7,14-15,31,34H,8-10H2,1-5H3/t14-,15+,26-/m1/s1. The maximum atomic E-state index is 14.0. The molecule has 0 amide bonds. The van der Waals surface area contributed by atoms with Gasteiger partial charge < -0.3 is 24.6 Å². The lowest BCUT2D eigenvalue weighted by molar-refractivity contribution is -0.153. The number of anilines is 1. The number of nitrogens with zero attached hydrogens (tertiary/aromatic N) is 1. The molecule has 3 atom stereocenters. The van der Waals surface area contributed by atoms with Crippen LogP contribution in [0.15, 0.2) is 34.8 Å². The molecule has 3 aliphatic rings. The molecule has 0 bridgehead atoms. The normalized spacial score (nSPS) is 25.1. The third-order valence-electron chi connectivity index (χ3n) is 6.97. The molecule has 0 radical (unpaired) electrons. The maximum Gasteiger partial charge on any atom is 0.308 e. The van der Waals surface area contributed by atoms with E-state index in [-0.39, 0.29) is 36.1 Å². The van der Waals surface area contributed by atoms with Gasteiger partial charge in [0.2, 0.25) is 5.78 Å². The zero-order valence-corrected chi connectivity index (χ0v) is 20.6. The van der Waals surface area contributed by atoms with Crippen LogP contribution in [-0.4, -0.2) is 59.2 Å². The summed E-state index contributed by atoms with van der Waals surface area (Å²) >= 11 is 0. The van der Waals surface area contributed by atoms with Gasteiger partial charge in [-0.1, -0.05) is 0 Å². The Hall–Kier alpha value is -3.79. The number of ketones is 3. The molecule has 0 saturated carbocycles. The Morgan fingerprint density at radius 3 is 2.22 bits per heavy atom. The van der Waals surface area contributed by atoms with Crippen LogP contribution in [0.25, 0.3) is 0 Å². The zero-order valence-electron chi connectivity index (χ0n) is 20.6. The third kappa shape index (κ3) is 3.72. The number of aliphatic hydroxyl groups excluding tert-OH is 1. The van der Waals surface area contributed by atoms with Gasteiger partial charge in [0.15, 0.2) is 22.9 Å². The van der Waals surface area contributed by atoms with E-state index in [1.165, 1.54) is 13.0 Å². The second-order valence-corrected chi connectivity index (χ2v) is 9.60. The molecule has 0 spiro atoms. The summed E-state index contributed by atoms with van der Waals surface area (Å²) in [4.78, 5) is 65.2. The van der Waals surface area contributed by atoms with Crippen molar-refractivity contribution in [1.29, 1.82) is 0 Å². The molecular weight excluding hydrogens is 470 g/mol. The van der Waals surface area contributed by atoms with E-state index >= 15 is 0 Å². The van der Waals surface area contributed by atoms with E-state index in [0.717, 1.165) is 13.8 Å². The van der Waals surface area contributed by atoms with Crippen LogP contribution in [0.1, 0.15) is 49.5 Å². The van der Waals surface area contributed by atoms with Crippen molar-refractivity contribution in [1.82, 2.24) is 0 Å². The Balaban J connectivity index is 2.01. The highest BCUT2D eigenvalue weighted by Gasteiger charge is 2.60. The number of Topliss-reactive ketones (excluding diaryl/α,β-unsaturated/α-hetero) is 3. The number of carbonyl (C=O) groups excluding carboxylic acids is 5. The van der Waals surface area contributed by atoms with Crippen molar-refractivity contribution in [3.8, 4) is 5.75 Å². The fraction of sp³-hybridized carbons (Fsp3) is 0.423.